The second kappa shape index (κ2) is 7.97. The Morgan fingerprint density at radius 3 is 2.48 bits per heavy atom. The van der Waals surface area contributed by atoms with Crippen molar-refractivity contribution in [2.45, 2.75) is 6.54 Å². The van der Waals surface area contributed by atoms with Crippen LogP contribution in [0.25, 0.3) is 22.4 Å². The van der Waals surface area contributed by atoms with E-state index < -0.39 is 11.6 Å². The molecule has 0 saturated carbocycles. The fourth-order valence-electron chi connectivity index (χ4n) is 2.94. The lowest BCUT2D eigenvalue weighted by Gasteiger charge is -2.10. The molecule has 0 fully saturated rings. The van der Waals surface area contributed by atoms with E-state index in [1.807, 2.05) is 24.3 Å². The molecule has 0 spiro atoms. The van der Waals surface area contributed by atoms with Crippen LogP contribution in [0.4, 0.5) is 8.78 Å². The first-order valence-electron chi connectivity index (χ1n) is 8.68. The molecule has 0 aliphatic carbocycles. The summed E-state index contributed by atoms with van der Waals surface area (Å²) in [5.74, 6) is -1.89. The van der Waals surface area contributed by atoms with Crippen LogP contribution in [0.1, 0.15) is 5.56 Å². The monoisotopic (exact) mass is 408 g/mol. The maximum absolute atomic E-state index is 13.8. The molecule has 0 saturated heterocycles. The molecule has 144 valence electrons. The summed E-state index contributed by atoms with van der Waals surface area (Å²) in [5.41, 5.74) is 3.10. The summed E-state index contributed by atoms with van der Waals surface area (Å²) in [7, 11) is 2.15. The average Bonchev–Trinajstić information content (AvgIpc) is 2.74. The third kappa shape index (κ3) is 4.10. The van der Waals surface area contributed by atoms with Gasteiger partial charge in [0, 0.05) is 34.9 Å². The van der Waals surface area contributed by atoms with Crippen molar-refractivity contribution in [3.63, 3.8) is 0 Å². The fourth-order valence-corrected chi connectivity index (χ4v) is 3.26. The van der Waals surface area contributed by atoms with Crippen molar-refractivity contribution in [3.8, 4) is 22.4 Å². The molecule has 2 aromatic carbocycles. The molecule has 5 nitrogen and oxygen atoms in total. The Labute approximate surface area is 167 Å². The molecule has 0 N–H and O–H groups in total. The standard InChI is InChI=1S/C21H15F2N4OP/c22-17-7-15(8-19(29)21(17)23)18-4-5-20(28)27(26-18)11-13-2-1-3-14(6-13)16-9-24-12-25-10-16/h1-10,12H,11,29H2. The average molecular weight is 408 g/mol. The van der Waals surface area contributed by atoms with E-state index in [0.717, 1.165) is 22.8 Å². The molecule has 0 amide bonds. The van der Waals surface area contributed by atoms with Crippen molar-refractivity contribution < 1.29 is 8.78 Å². The third-order valence-electron chi connectivity index (χ3n) is 4.37. The van der Waals surface area contributed by atoms with Gasteiger partial charge in [0.25, 0.3) is 5.56 Å². The Morgan fingerprint density at radius 2 is 1.72 bits per heavy atom. The highest BCUT2D eigenvalue weighted by Crippen LogP contribution is 2.20. The highest BCUT2D eigenvalue weighted by Gasteiger charge is 2.11. The van der Waals surface area contributed by atoms with E-state index in [1.54, 1.807) is 12.4 Å². The van der Waals surface area contributed by atoms with Crippen molar-refractivity contribution in [1.29, 1.82) is 0 Å². The van der Waals surface area contributed by atoms with E-state index in [0.29, 0.717) is 11.3 Å². The van der Waals surface area contributed by atoms with E-state index in [-0.39, 0.29) is 17.4 Å². The second-order valence-electron chi connectivity index (χ2n) is 6.40. The first-order chi connectivity index (χ1) is 14.0. The minimum Gasteiger partial charge on any atom is -0.268 e. The van der Waals surface area contributed by atoms with Gasteiger partial charge in [0.05, 0.1) is 12.2 Å². The summed E-state index contributed by atoms with van der Waals surface area (Å²) in [6, 6.07) is 13.0. The molecule has 29 heavy (non-hydrogen) atoms. The Kier molecular flexibility index (Phi) is 5.23. The Balaban J connectivity index is 1.69. The molecule has 0 radical (unpaired) electrons. The van der Waals surface area contributed by atoms with Gasteiger partial charge in [-0.3, -0.25) is 4.79 Å². The molecule has 4 aromatic rings. The maximum Gasteiger partial charge on any atom is 0.267 e. The zero-order valence-corrected chi connectivity index (χ0v) is 16.2. The van der Waals surface area contributed by atoms with Gasteiger partial charge in [0.1, 0.15) is 6.33 Å². The molecule has 8 heteroatoms. The fraction of sp³-hybridized carbons (Fsp3) is 0.0476. The number of rotatable bonds is 4. The first-order valence-corrected chi connectivity index (χ1v) is 9.26. The number of nitrogens with zero attached hydrogens (tertiary/aromatic N) is 4. The minimum atomic E-state index is -0.968. The summed E-state index contributed by atoms with van der Waals surface area (Å²) in [6.07, 6.45) is 4.88. The normalized spacial score (nSPS) is 10.9. The number of hydrogen-bond donors (Lipinski definition) is 0. The quantitative estimate of drug-likeness (QED) is 0.487. The lowest BCUT2D eigenvalue weighted by molar-refractivity contribution is 0.515. The highest BCUT2D eigenvalue weighted by atomic mass is 31.0. The lowest BCUT2D eigenvalue weighted by atomic mass is 10.1. The van der Waals surface area contributed by atoms with Crippen LogP contribution in [-0.4, -0.2) is 19.7 Å². The Morgan fingerprint density at radius 1 is 0.931 bits per heavy atom. The van der Waals surface area contributed by atoms with Gasteiger partial charge in [0.15, 0.2) is 11.6 Å². The molecule has 2 heterocycles. The molecule has 4 rings (SSSR count). The van der Waals surface area contributed by atoms with Crippen molar-refractivity contribution in [1.82, 2.24) is 19.7 Å². The number of aromatic nitrogens is 4. The second-order valence-corrected chi connectivity index (χ2v) is 7.03. The van der Waals surface area contributed by atoms with Gasteiger partial charge in [0.2, 0.25) is 0 Å². The van der Waals surface area contributed by atoms with Gasteiger partial charge in [-0.25, -0.2) is 23.4 Å². The summed E-state index contributed by atoms with van der Waals surface area (Å²) < 4.78 is 28.6. The van der Waals surface area contributed by atoms with Gasteiger partial charge in [-0.05, 0) is 35.4 Å². The molecule has 1 unspecified atom stereocenters. The molecular formula is C21H15F2N4OP. The molecule has 1 atom stereocenters. The van der Waals surface area contributed by atoms with Gasteiger partial charge in [-0.15, -0.1) is 9.24 Å². The van der Waals surface area contributed by atoms with Crippen LogP contribution in [0.15, 0.2) is 72.0 Å². The topological polar surface area (TPSA) is 60.7 Å². The van der Waals surface area contributed by atoms with E-state index >= 15 is 0 Å². The SMILES string of the molecule is O=c1ccc(-c2cc(F)c(F)c(P)c2)nn1Cc1cccc(-c2cncnc2)c1. The number of benzene rings is 2. The number of hydrogen-bond acceptors (Lipinski definition) is 4. The van der Waals surface area contributed by atoms with Crippen LogP contribution in [0, 0.1) is 11.6 Å². The van der Waals surface area contributed by atoms with Crippen molar-refractivity contribution >= 4 is 14.5 Å². The van der Waals surface area contributed by atoms with Gasteiger partial charge in [-0.2, -0.15) is 5.10 Å². The minimum absolute atomic E-state index is 0.0948. The van der Waals surface area contributed by atoms with E-state index in [1.165, 1.54) is 29.2 Å². The van der Waals surface area contributed by atoms with Crippen molar-refractivity contribution in [2.24, 2.45) is 0 Å². The Hall–Kier alpha value is -3.31. The van der Waals surface area contributed by atoms with Crippen LogP contribution in [0.3, 0.4) is 0 Å². The van der Waals surface area contributed by atoms with E-state index in [4.69, 9.17) is 0 Å². The molecule has 0 aliphatic rings. The van der Waals surface area contributed by atoms with E-state index in [9.17, 15) is 13.6 Å². The lowest BCUT2D eigenvalue weighted by Crippen LogP contribution is -2.23. The van der Waals surface area contributed by atoms with Gasteiger partial charge in [-0.1, -0.05) is 18.2 Å². The maximum atomic E-state index is 13.8. The number of halogens is 2. The van der Waals surface area contributed by atoms with Crippen LogP contribution in [0.5, 0.6) is 0 Å². The van der Waals surface area contributed by atoms with Gasteiger partial charge < -0.3 is 0 Å². The predicted octanol–water partition coefficient (Wildman–Crippen LogP) is 3.19. The van der Waals surface area contributed by atoms with Crippen molar-refractivity contribution in [3.05, 3.63) is 94.8 Å². The smallest absolute Gasteiger partial charge is 0.267 e. The van der Waals surface area contributed by atoms with E-state index in [2.05, 4.69) is 24.3 Å². The molecular weight excluding hydrogens is 393 g/mol. The van der Waals surface area contributed by atoms with Gasteiger partial charge >= 0.3 is 0 Å². The van der Waals surface area contributed by atoms with Crippen LogP contribution < -0.4 is 10.9 Å². The summed E-state index contributed by atoms with van der Waals surface area (Å²) >= 11 is 0. The van der Waals surface area contributed by atoms with Crippen LogP contribution in [0.2, 0.25) is 0 Å². The van der Waals surface area contributed by atoms with Crippen molar-refractivity contribution in [2.75, 3.05) is 0 Å². The highest BCUT2D eigenvalue weighted by molar-refractivity contribution is 7.27. The Bertz CT molecular complexity index is 1220. The third-order valence-corrected chi connectivity index (χ3v) is 4.79. The van der Waals surface area contributed by atoms with Crippen LogP contribution >= 0.6 is 9.24 Å². The largest absolute Gasteiger partial charge is 0.268 e. The summed E-state index contributed by atoms with van der Waals surface area (Å²) in [6.45, 7) is 0.228. The molecule has 0 bridgehead atoms. The first kappa shape index (κ1) is 19.0. The zero-order chi connectivity index (χ0) is 20.4. The summed E-state index contributed by atoms with van der Waals surface area (Å²) in [4.78, 5) is 20.3. The predicted molar refractivity (Wildman–Crippen MR) is 110 cm³/mol. The molecule has 2 aromatic heterocycles. The van der Waals surface area contributed by atoms with Crippen LogP contribution in [-0.2, 0) is 6.54 Å². The molecule has 0 aliphatic heterocycles. The zero-order valence-electron chi connectivity index (χ0n) is 15.1. The summed E-state index contributed by atoms with van der Waals surface area (Å²) in [5, 5.41) is 4.43.